The van der Waals surface area contributed by atoms with E-state index in [0.717, 1.165) is 29.3 Å². The van der Waals surface area contributed by atoms with Crippen LogP contribution in [0.15, 0.2) is 78.5 Å². The molecular weight excluding hydrogens is 370 g/mol. The van der Waals surface area contributed by atoms with E-state index >= 15 is 0 Å². The zero-order valence-corrected chi connectivity index (χ0v) is 16.5. The van der Waals surface area contributed by atoms with E-state index in [4.69, 9.17) is 0 Å². The standard InChI is InChI=1S/C26H21N3O/c27-15-20(26(30)28-22-12-13-22)14-21-17-29(25-11-4-3-10-24(21)25)16-19-8-5-7-18-6-1-2-9-23(18)19/h1-11,14,17,22H,12-13,16H2,(H,28,30)/b20-14+. The van der Waals surface area contributed by atoms with Crippen LogP contribution in [0.25, 0.3) is 27.8 Å². The fourth-order valence-electron chi connectivity index (χ4n) is 3.93. The number of nitrogens with one attached hydrogen (secondary N) is 1. The Morgan fingerprint density at radius 1 is 1.03 bits per heavy atom. The highest BCUT2D eigenvalue weighted by atomic mass is 16.1. The van der Waals surface area contributed by atoms with Gasteiger partial charge in [-0.3, -0.25) is 4.79 Å². The summed E-state index contributed by atoms with van der Waals surface area (Å²) in [7, 11) is 0. The second-order valence-electron chi connectivity index (χ2n) is 7.79. The molecule has 4 heteroatoms. The molecule has 4 aromatic rings. The highest BCUT2D eigenvalue weighted by Gasteiger charge is 2.25. The van der Waals surface area contributed by atoms with E-state index < -0.39 is 0 Å². The monoisotopic (exact) mass is 391 g/mol. The van der Waals surface area contributed by atoms with E-state index in [2.05, 4.69) is 64.5 Å². The Hall–Kier alpha value is -3.84. The Bertz CT molecular complexity index is 1330. The van der Waals surface area contributed by atoms with Crippen LogP contribution >= 0.6 is 0 Å². The van der Waals surface area contributed by atoms with Crippen LogP contribution in [0.1, 0.15) is 24.0 Å². The molecule has 4 nitrogen and oxygen atoms in total. The Kier molecular flexibility index (Phi) is 4.57. The van der Waals surface area contributed by atoms with Crippen molar-refractivity contribution in [2.24, 2.45) is 0 Å². The molecule has 0 unspecified atom stereocenters. The SMILES string of the molecule is N#C/C(=C\c1cn(Cc2cccc3ccccc23)c2ccccc12)C(=O)NC1CC1. The van der Waals surface area contributed by atoms with Gasteiger partial charge in [-0.1, -0.05) is 60.7 Å². The second kappa shape index (κ2) is 7.53. The van der Waals surface area contributed by atoms with Gasteiger partial charge in [0.25, 0.3) is 5.91 Å². The third-order valence-electron chi connectivity index (χ3n) is 5.62. The molecule has 1 aliphatic carbocycles. The number of rotatable bonds is 5. The molecule has 3 aromatic carbocycles. The van der Waals surface area contributed by atoms with Crippen molar-refractivity contribution in [3.63, 3.8) is 0 Å². The average molecular weight is 391 g/mol. The quantitative estimate of drug-likeness (QED) is 0.383. The van der Waals surface area contributed by atoms with Gasteiger partial charge in [0.1, 0.15) is 11.6 Å². The lowest BCUT2D eigenvalue weighted by atomic mass is 10.0. The number of carbonyl (C=O) groups is 1. The fourth-order valence-corrected chi connectivity index (χ4v) is 3.93. The highest BCUT2D eigenvalue weighted by Crippen LogP contribution is 2.27. The first-order chi connectivity index (χ1) is 14.7. The van der Waals surface area contributed by atoms with E-state index in [1.807, 2.05) is 24.4 Å². The largest absolute Gasteiger partial charge is 0.349 e. The maximum atomic E-state index is 12.4. The lowest BCUT2D eigenvalue weighted by molar-refractivity contribution is -0.117. The van der Waals surface area contributed by atoms with Gasteiger partial charge >= 0.3 is 0 Å². The lowest BCUT2D eigenvalue weighted by Gasteiger charge is -2.09. The van der Waals surface area contributed by atoms with E-state index in [9.17, 15) is 10.1 Å². The zero-order chi connectivity index (χ0) is 20.5. The van der Waals surface area contributed by atoms with Crippen LogP contribution in [0, 0.1) is 11.3 Å². The Morgan fingerprint density at radius 3 is 2.57 bits per heavy atom. The van der Waals surface area contributed by atoms with Crippen molar-refractivity contribution in [1.82, 2.24) is 9.88 Å². The first-order valence-electron chi connectivity index (χ1n) is 10.2. The minimum atomic E-state index is -0.286. The highest BCUT2D eigenvalue weighted by molar-refractivity contribution is 6.04. The van der Waals surface area contributed by atoms with Gasteiger partial charge in [-0.05, 0) is 41.3 Å². The molecule has 0 saturated heterocycles. The van der Waals surface area contributed by atoms with Crippen molar-refractivity contribution in [3.05, 3.63) is 89.6 Å². The molecular formula is C26H21N3O. The van der Waals surface area contributed by atoms with Crippen LogP contribution in [0.3, 0.4) is 0 Å². The summed E-state index contributed by atoms with van der Waals surface area (Å²) in [5, 5.41) is 15.9. The van der Waals surface area contributed by atoms with Crippen LogP contribution < -0.4 is 5.32 Å². The minimum Gasteiger partial charge on any atom is -0.349 e. The fraction of sp³-hybridized carbons (Fsp3) is 0.154. The molecule has 1 heterocycles. The number of hydrogen-bond donors (Lipinski definition) is 1. The maximum Gasteiger partial charge on any atom is 0.262 e. The van der Waals surface area contributed by atoms with Gasteiger partial charge in [0.05, 0.1) is 0 Å². The van der Waals surface area contributed by atoms with Crippen LogP contribution in [0.4, 0.5) is 0 Å². The minimum absolute atomic E-state index is 0.148. The van der Waals surface area contributed by atoms with Crippen LogP contribution in [-0.2, 0) is 11.3 Å². The number of para-hydroxylation sites is 1. The smallest absolute Gasteiger partial charge is 0.262 e. The molecule has 5 rings (SSSR count). The van der Waals surface area contributed by atoms with Gasteiger partial charge in [0.2, 0.25) is 0 Å². The van der Waals surface area contributed by atoms with Crippen molar-refractivity contribution in [3.8, 4) is 6.07 Å². The van der Waals surface area contributed by atoms with Gasteiger partial charge in [0.15, 0.2) is 0 Å². The van der Waals surface area contributed by atoms with Gasteiger partial charge in [-0.2, -0.15) is 5.26 Å². The van der Waals surface area contributed by atoms with E-state index in [-0.39, 0.29) is 17.5 Å². The number of fused-ring (bicyclic) bond motifs is 2. The molecule has 1 amide bonds. The lowest BCUT2D eigenvalue weighted by Crippen LogP contribution is -2.26. The normalized spacial score (nSPS) is 14.0. The molecule has 0 radical (unpaired) electrons. The zero-order valence-electron chi connectivity index (χ0n) is 16.5. The third kappa shape index (κ3) is 3.46. The molecule has 30 heavy (non-hydrogen) atoms. The van der Waals surface area contributed by atoms with Gasteiger partial charge in [-0.15, -0.1) is 0 Å². The van der Waals surface area contributed by atoms with Gasteiger partial charge in [-0.25, -0.2) is 0 Å². The predicted molar refractivity (Wildman–Crippen MR) is 120 cm³/mol. The first kappa shape index (κ1) is 18.2. The van der Waals surface area contributed by atoms with Crippen LogP contribution in [-0.4, -0.2) is 16.5 Å². The number of nitrogens with zero attached hydrogens (tertiary/aromatic N) is 2. The summed E-state index contributed by atoms with van der Waals surface area (Å²) in [4.78, 5) is 12.4. The van der Waals surface area contributed by atoms with Gasteiger partial charge in [0, 0.05) is 35.2 Å². The molecule has 0 bridgehead atoms. The van der Waals surface area contributed by atoms with Crippen molar-refractivity contribution >= 4 is 33.7 Å². The van der Waals surface area contributed by atoms with E-state index in [1.54, 1.807) is 6.08 Å². The summed E-state index contributed by atoms with van der Waals surface area (Å²) in [5.41, 5.74) is 3.34. The Morgan fingerprint density at radius 2 is 1.77 bits per heavy atom. The molecule has 146 valence electrons. The van der Waals surface area contributed by atoms with E-state index in [1.165, 1.54) is 16.3 Å². The van der Waals surface area contributed by atoms with Crippen LogP contribution in [0.2, 0.25) is 0 Å². The topological polar surface area (TPSA) is 57.8 Å². The van der Waals surface area contributed by atoms with Crippen molar-refractivity contribution in [1.29, 1.82) is 5.26 Å². The summed E-state index contributed by atoms with van der Waals surface area (Å²) in [6, 6.07) is 25.1. The number of nitriles is 1. The molecule has 1 aliphatic rings. The number of aromatic nitrogens is 1. The third-order valence-corrected chi connectivity index (χ3v) is 5.62. The number of carbonyl (C=O) groups excluding carboxylic acids is 1. The predicted octanol–water partition coefficient (Wildman–Crippen LogP) is 5.03. The molecule has 0 atom stereocenters. The number of benzene rings is 3. The molecule has 1 N–H and O–H groups in total. The van der Waals surface area contributed by atoms with E-state index in [0.29, 0.717) is 6.54 Å². The second-order valence-corrected chi connectivity index (χ2v) is 7.79. The summed E-state index contributed by atoms with van der Waals surface area (Å²) in [5.74, 6) is -0.286. The first-order valence-corrected chi connectivity index (χ1v) is 10.2. The molecule has 1 fully saturated rings. The summed E-state index contributed by atoms with van der Waals surface area (Å²) in [6.45, 7) is 0.714. The molecule has 0 spiro atoms. The maximum absolute atomic E-state index is 12.4. The number of amides is 1. The van der Waals surface area contributed by atoms with Crippen molar-refractivity contribution in [2.75, 3.05) is 0 Å². The van der Waals surface area contributed by atoms with Crippen molar-refractivity contribution < 1.29 is 4.79 Å². The number of hydrogen-bond acceptors (Lipinski definition) is 2. The summed E-state index contributed by atoms with van der Waals surface area (Å²) >= 11 is 0. The average Bonchev–Trinajstić information content (AvgIpc) is 3.53. The molecule has 0 aliphatic heterocycles. The molecule has 1 saturated carbocycles. The Balaban J connectivity index is 1.56. The van der Waals surface area contributed by atoms with Crippen molar-refractivity contribution in [2.45, 2.75) is 25.4 Å². The summed E-state index contributed by atoms with van der Waals surface area (Å²) in [6.07, 6.45) is 5.73. The Labute approximate surface area is 175 Å². The molecule has 1 aromatic heterocycles. The van der Waals surface area contributed by atoms with Gasteiger partial charge < -0.3 is 9.88 Å². The summed E-state index contributed by atoms with van der Waals surface area (Å²) < 4.78 is 2.19. The van der Waals surface area contributed by atoms with Crippen LogP contribution in [0.5, 0.6) is 0 Å².